The molecular formula is C24H31Cl2N3O4S. The number of benzene rings is 2. The summed E-state index contributed by atoms with van der Waals surface area (Å²) in [4.78, 5) is 28.0. The van der Waals surface area contributed by atoms with Crippen LogP contribution in [0.1, 0.15) is 39.2 Å². The van der Waals surface area contributed by atoms with Crippen molar-refractivity contribution in [3.8, 4) is 0 Å². The maximum absolute atomic E-state index is 13.6. The lowest BCUT2D eigenvalue weighted by molar-refractivity contribution is -0.140. The Kier molecular flexibility index (Phi) is 10.2. The van der Waals surface area contributed by atoms with Gasteiger partial charge in [-0.1, -0.05) is 55.2 Å². The minimum atomic E-state index is -3.81. The Hall–Kier alpha value is -2.29. The third kappa shape index (κ3) is 7.89. The van der Waals surface area contributed by atoms with Crippen LogP contribution in [0.2, 0.25) is 10.0 Å². The summed E-state index contributed by atoms with van der Waals surface area (Å²) in [5.74, 6) is -0.792. The number of nitrogens with zero attached hydrogens (tertiary/aromatic N) is 2. The van der Waals surface area contributed by atoms with Gasteiger partial charge in [0.05, 0.1) is 11.9 Å². The van der Waals surface area contributed by atoms with Gasteiger partial charge in [-0.15, -0.1) is 0 Å². The fourth-order valence-electron chi connectivity index (χ4n) is 3.39. The first-order valence-corrected chi connectivity index (χ1v) is 13.6. The van der Waals surface area contributed by atoms with Gasteiger partial charge >= 0.3 is 0 Å². The number of amides is 2. The van der Waals surface area contributed by atoms with Crippen molar-refractivity contribution < 1.29 is 18.0 Å². The Morgan fingerprint density at radius 1 is 1.00 bits per heavy atom. The molecule has 0 saturated carbocycles. The standard InChI is InChI=1S/C24H31Cl2N3O4S/c1-5-17(3)27-24(31)22(6-2)28(15-18-10-12-19(25)13-11-18)23(30)16-29(34(4,32)33)21-9-7-8-20(26)14-21/h7-14,17,22H,5-6,15-16H2,1-4H3,(H,27,31)/t17-,22-/m0/s1. The molecule has 0 spiro atoms. The number of anilines is 1. The molecule has 2 rings (SSSR count). The molecule has 2 atom stereocenters. The normalized spacial score (nSPS) is 13.1. The molecule has 0 saturated heterocycles. The topological polar surface area (TPSA) is 86.8 Å². The molecule has 34 heavy (non-hydrogen) atoms. The summed E-state index contributed by atoms with van der Waals surface area (Å²) in [6, 6.07) is 12.4. The minimum absolute atomic E-state index is 0.0620. The molecule has 0 heterocycles. The van der Waals surface area contributed by atoms with Crippen LogP contribution in [0.25, 0.3) is 0 Å². The van der Waals surface area contributed by atoms with Gasteiger partial charge in [-0.3, -0.25) is 13.9 Å². The fraction of sp³-hybridized carbons (Fsp3) is 0.417. The lowest BCUT2D eigenvalue weighted by Gasteiger charge is -2.33. The Bertz CT molecular complexity index is 1090. The Balaban J connectivity index is 2.43. The molecule has 0 aliphatic rings. The van der Waals surface area contributed by atoms with E-state index in [4.69, 9.17) is 23.2 Å². The van der Waals surface area contributed by atoms with Crippen molar-refractivity contribution in [2.24, 2.45) is 0 Å². The first-order valence-electron chi connectivity index (χ1n) is 11.0. The van der Waals surface area contributed by atoms with Gasteiger partial charge in [-0.2, -0.15) is 0 Å². The van der Waals surface area contributed by atoms with E-state index in [0.29, 0.717) is 16.5 Å². The van der Waals surface area contributed by atoms with Crippen LogP contribution in [0, 0.1) is 0 Å². The third-order valence-corrected chi connectivity index (χ3v) is 7.06. The van der Waals surface area contributed by atoms with Crippen molar-refractivity contribution in [1.29, 1.82) is 0 Å². The smallest absolute Gasteiger partial charge is 0.244 e. The highest BCUT2D eigenvalue weighted by Gasteiger charge is 2.32. The molecule has 0 aliphatic heterocycles. The van der Waals surface area contributed by atoms with Gasteiger partial charge in [0, 0.05) is 22.6 Å². The van der Waals surface area contributed by atoms with Gasteiger partial charge in [0.15, 0.2) is 0 Å². The van der Waals surface area contributed by atoms with E-state index in [1.165, 1.54) is 11.0 Å². The average Bonchev–Trinajstić information content (AvgIpc) is 2.77. The van der Waals surface area contributed by atoms with E-state index in [1.54, 1.807) is 42.5 Å². The summed E-state index contributed by atoms with van der Waals surface area (Å²) in [5, 5.41) is 3.82. The van der Waals surface area contributed by atoms with Gasteiger partial charge in [0.25, 0.3) is 0 Å². The van der Waals surface area contributed by atoms with Crippen LogP contribution in [0.15, 0.2) is 48.5 Å². The van der Waals surface area contributed by atoms with Crippen LogP contribution in [0.3, 0.4) is 0 Å². The summed E-state index contributed by atoms with van der Waals surface area (Å²) >= 11 is 12.0. The SMILES string of the molecule is CC[C@H](C)NC(=O)[C@H](CC)N(Cc1ccc(Cl)cc1)C(=O)CN(c1cccc(Cl)c1)S(C)(=O)=O. The monoisotopic (exact) mass is 527 g/mol. The molecule has 2 aromatic rings. The van der Waals surface area contributed by atoms with Gasteiger partial charge in [-0.25, -0.2) is 8.42 Å². The van der Waals surface area contributed by atoms with Crippen molar-refractivity contribution in [2.75, 3.05) is 17.1 Å². The molecule has 2 aromatic carbocycles. The van der Waals surface area contributed by atoms with Gasteiger partial charge in [0.1, 0.15) is 12.6 Å². The molecule has 0 aliphatic carbocycles. The molecule has 186 valence electrons. The first-order chi connectivity index (χ1) is 16.0. The van der Waals surface area contributed by atoms with Crippen LogP contribution in [0.4, 0.5) is 5.69 Å². The summed E-state index contributed by atoms with van der Waals surface area (Å²) < 4.78 is 26.1. The Morgan fingerprint density at radius 2 is 1.65 bits per heavy atom. The van der Waals surface area contributed by atoms with Crippen molar-refractivity contribution in [2.45, 2.75) is 52.2 Å². The molecular weight excluding hydrogens is 497 g/mol. The van der Waals surface area contributed by atoms with Crippen LogP contribution in [-0.2, 0) is 26.2 Å². The lowest BCUT2D eigenvalue weighted by atomic mass is 10.1. The van der Waals surface area contributed by atoms with Crippen LogP contribution >= 0.6 is 23.2 Å². The molecule has 7 nitrogen and oxygen atoms in total. The third-order valence-electron chi connectivity index (χ3n) is 5.43. The largest absolute Gasteiger partial charge is 0.352 e. The van der Waals surface area contributed by atoms with Gasteiger partial charge in [0.2, 0.25) is 21.8 Å². The second kappa shape index (κ2) is 12.4. The van der Waals surface area contributed by atoms with E-state index in [0.717, 1.165) is 22.5 Å². The first kappa shape index (κ1) is 28.0. The number of hydrogen-bond acceptors (Lipinski definition) is 4. The maximum atomic E-state index is 13.6. The summed E-state index contributed by atoms with van der Waals surface area (Å²) in [6.45, 7) is 5.31. The van der Waals surface area contributed by atoms with Crippen molar-refractivity contribution in [3.63, 3.8) is 0 Å². The van der Waals surface area contributed by atoms with Crippen molar-refractivity contribution in [1.82, 2.24) is 10.2 Å². The second-order valence-electron chi connectivity index (χ2n) is 8.14. The van der Waals surface area contributed by atoms with E-state index < -0.39 is 28.5 Å². The molecule has 0 unspecified atom stereocenters. The predicted molar refractivity (Wildman–Crippen MR) is 138 cm³/mol. The molecule has 0 fully saturated rings. The minimum Gasteiger partial charge on any atom is -0.352 e. The lowest BCUT2D eigenvalue weighted by Crippen LogP contribution is -2.53. The zero-order valence-electron chi connectivity index (χ0n) is 19.8. The second-order valence-corrected chi connectivity index (χ2v) is 10.9. The quantitative estimate of drug-likeness (QED) is 0.466. The van der Waals surface area contributed by atoms with Gasteiger partial charge < -0.3 is 10.2 Å². The van der Waals surface area contributed by atoms with Crippen LogP contribution in [-0.4, -0.2) is 50.0 Å². The average molecular weight is 529 g/mol. The number of rotatable bonds is 11. The molecule has 2 amide bonds. The predicted octanol–water partition coefficient (Wildman–Crippen LogP) is 4.48. The number of sulfonamides is 1. The van der Waals surface area contributed by atoms with Crippen molar-refractivity contribution >= 4 is 50.7 Å². The Labute approximate surface area is 212 Å². The molecule has 0 radical (unpaired) electrons. The molecule has 1 N–H and O–H groups in total. The molecule has 0 aromatic heterocycles. The Morgan fingerprint density at radius 3 is 2.18 bits per heavy atom. The van der Waals surface area contributed by atoms with E-state index in [2.05, 4.69) is 5.32 Å². The van der Waals surface area contributed by atoms with E-state index in [-0.39, 0.29) is 24.2 Å². The van der Waals surface area contributed by atoms with Crippen molar-refractivity contribution in [3.05, 3.63) is 64.1 Å². The van der Waals surface area contributed by atoms with E-state index in [1.807, 2.05) is 20.8 Å². The van der Waals surface area contributed by atoms with E-state index >= 15 is 0 Å². The molecule has 10 heteroatoms. The van der Waals surface area contributed by atoms with Gasteiger partial charge in [-0.05, 0) is 55.7 Å². The highest BCUT2D eigenvalue weighted by Crippen LogP contribution is 2.23. The zero-order valence-corrected chi connectivity index (χ0v) is 22.1. The van der Waals surface area contributed by atoms with Crippen LogP contribution < -0.4 is 9.62 Å². The number of carbonyl (C=O) groups excluding carboxylic acids is 2. The number of hydrogen-bond donors (Lipinski definition) is 1. The zero-order chi connectivity index (χ0) is 25.5. The summed E-state index contributed by atoms with van der Waals surface area (Å²) in [7, 11) is -3.81. The molecule has 0 bridgehead atoms. The number of carbonyl (C=O) groups is 2. The highest BCUT2D eigenvalue weighted by atomic mass is 35.5. The number of halogens is 2. The summed E-state index contributed by atoms with van der Waals surface area (Å²) in [5.41, 5.74) is 1.04. The number of nitrogens with one attached hydrogen (secondary N) is 1. The fourth-order valence-corrected chi connectivity index (χ4v) is 4.54. The highest BCUT2D eigenvalue weighted by molar-refractivity contribution is 7.92. The maximum Gasteiger partial charge on any atom is 0.244 e. The summed E-state index contributed by atoms with van der Waals surface area (Å²) in [6.07, 6.45) is 2.12. The van der Waals surface area contributed by atoms with Crippen LogP contribution in [0.5, 0.6) is 0 Å². The van der Waals surface area contributed by atoms with E-state index in [9.17, 15) is 18.0 Å².